The number of ether oxygens (including phenoxy) is 1. The highest BCUT2D eigenvalue weighted by Crippen LogP contribution is 2.07. The summed E-state index contributed by atoms with van der Waals surface area (Å²) >= 11 is 0. The van der Waals surface area contributed by atoms with Crippen LogP contribution in [0, 0.1) is 6.92 Å². The van der Waals surface area contributed by atoms with E-state index in [-0.39, 0.29) is 17.9 Å². The number of aryl methyl sites for hydroxylation is 1. The number of nitrogens with zero attached hydrogens (tertiary/aromatic N) is 2. The van der Waals surface area contributed by atoms with E-state index in [1.54, 1.807) is 6.08 Å². The van der Waals surface area contributed by atoms with Crippen molar-refractivity contribution in [1.82, 2.24) is 15.2 Å². The Morgan fingerprint density at radius 2 is 2.15 bits per heavy atom. The molecule has 0 fully saturated rings. The van der Waals surface area contributed by atoms with Gasteiger partial charge in [-0.3, -0.25) is 10.1 Å². The summed E-state index contributed by atoms with van der Waals surface area (Å²) in [5, 5.41) is 8.93. The molecule has 1 heterocycles. The minimum absolute atomic E-state index is 0.213. The van der Waals surface area contributed by atoms with Crippen LogP contribution in [0.1, 0.15) is 18.1 Å². The molecule has 104 valence electrons. The molecule has 0 radical (unpaired) electrons. The molecule has 0 spiro atoms. The Hall–Kier alpha value is -2.63. The number of rotatable bonds is 5. The van der Waals surface area contributed by atoms with Crippen molar-refractivity contribution in [3.05, 3.63) is 41.5 Å². The molecule has 1 aromatic carbocycles. The Balaban J connectivity index is 1.92. The normalized spacial score (nSPS) is 10.7. The van der Waals surface area contributed by atoms with Gasteiger partial charge in [0.1, 0.15) is 0 Å². The Morgan fingerprint density at radius 3 is 2.85 bits per heavy atom. The standard InChI is InChI=1S/C14H16N4O2/c1-3-20-14-16-13(17-18-14)15-12(19)9-8-11-6-4-10(2)5-7-11/h4-9H,3H2,1-2H3,(H2,15,16,17,18,19)/b9-8+. The Morgan fingerprint density at radius 1 is 1.40 bits per heavy atom. The molecule has 0 saturated heterocycles. The van der Waals surface area contributed by atoms with Gasteiger partial charge >= 0.3 is 6.01 Å². The fraction of sp³-hybridized carbons (Fsp3) is 0.214. The Labute approximate surface area is 116 Å². The van der Waals surface area contributed by atoms with Crippen LogP contribution in [0.2, 0.25) is 0 Å². The van der Waals surface area contributed by atoms with Gasteiger partial charge in [-0.05, 0) is 25.5 Å². The van der Waals surface area contributed by atoms with E-state index in [1.165, 1.54) is 11.6 Å². The number of nitrogens with one attached hydrogen (secondary N) is 2. The van der Waals surface area contributed by atoms with Crippen molar-refractivity contribution in [3.8, 4) is 6.01 Å². The lowest BCUT2D eigenvalue weighted by atomic mass is 10.1. The van der Waals surface area contributed by atoms with E-state index in [9.17, 15) is 4.79 Å². The number of amides is 1. The third kappa shape index (κ3) is 3.94. The minimum atomic E-state index is -0.287. The third-order valence-corrected chi connectivity index (χ3v) is 2.48. The number of carbonyl (C=O) groups is 1. The van der Waals surface area contributed by atoms with Crippen LogP contribution in [-0.2, 0) is 4.79 Å². The second-order valence-corrected chi connectivity index (χ2v) is 4.13. The molecule has 1 aromatic heterocycles. The van der Waals surface area contributed by atoms with Crippen LogP contribution in [0.25, 0.3) is 6.08 Å². The Bertz CT molecular complexity index is 602. The molecule has 0 aliphatic carbocycles. The lowest BCUT2D eigenvalue weighted by molar-refractivity contribution is -0.111. The second kappa shape index (κ2) is 6.51. The minimum Gasteiger partial charge on any atom is -0.463 e. The summed E-state index contributed by atoms with van der Waals surface area (Å²) in [5.74, 6) is -0.0308. The van der Waals surface area contributed by atoms with E-state index < -0.39 is 0 Å². The van der Waals surface area contributed by atoms with Gasteiger partial charge in [0.25, 0.3) is 5.91 Å². The number of aromatic nitrogens is 3. The number of hydrogen-bond donors (Lipinski definition) is 2. The molecular weight excluding hydrogens is 256 g/mol. The number of aromatic amines is 1. The highest BCUT2D eigenvalue weighted by atomic mass is 16.5. The van der Waals surface area contributed by atoms with Crippen molar-refractivity contribution >= 4 is 17.9 Å². The summed E-state index contributed by atoms with van der Waals surface area (Å²) in [4.78, 5) is 15.6. The zero-order chi connectivity index (χ0) is 14.4. The highest BCUT2D eigenvalue weighted by molar-refractivity contribution is 6.00. The molecule has 2 aromatic rings. The summed E-state index contributed by atoms with van der Waals surface area (Å²) in [6.07, 6.45) is 3.17. The van der Waals surface area contributed by atoms with Crippen LogP contribution in [0.15, 0.2) is 30.3 Å². The van der Waals surface area contributed by atoms with Crippen molar-refractivity contribution < 1.29 is 9.53 Å². The topological polar surface area (TPSA) is 79.9 Å². The maximum Gasteiger partial charge on any atom is 0.337 e. The molecule has 6 heteroatoms. The smallest absolute Gasteiger partial charge is 0.337 e. The van der Waals surface area contributed by atoms with Crippen molar-refractivity contribution in [3.63, 3.8) is 0 Å². The first-order chi connectivity index (χ1) is 9.67. The lowest BCUT2D eigenvalue weighted by Gasteiger charge is -1.96. The van der Waals surface area contributed by atoms with Crippen LogP contribution in [0.3, 0.4) is 0 Å². The van der Waals surface area contributed by atoms with Crippen LogP contribution in [0.4, 0.5) is 5.95 Å². The molecule has 1 amide bonds. The van der Waals surface area contributed by atoms with E-state index in [0.29, 0.717) is 6.61 Å². The van der Waals surface area contributed by atoms with Crippen LogP contribution < -0.4 is 10.1 Å². The van der Waals surface area contributed by atoms with Gasteiger partial charge < -0.3 is 4.74 Å². The van der Waals surface area contributed by atoms with Gasteiger partial charge in [-0.15, -0.1) is 5.10 Å². The van der Waals surface area contributed by atoms with E-state index in [4.69, 9.17) is 4.74 Å². The monoisotopic (exact) mass is 272 g/mol. The van der Waals surface area contributed by atoms with E-state index >= 15 is 0 Å². The highest BCUT2D eigenvalue weighted by Gasteiger charge is 2.05. The quantitative estimate of drug-likeness (QED) is 0.817. The van der Waals surface area contributed by atoms with E-state index in [2.05, 4.69) is 20.5 Å². The predicted octanol–water partition coefficient (Wildman–Crippen LogP) is 2.16. The van der Waals surface area contributed by atoms with Gasteiger partial charge in [-0.1, -0.05) is 29.8 Å². The van der Waals surface area contributed by atoms with Crippen LogP contribution >= 0.6 is 0 Å². The molecule has 0 atom stereocenters. The first-order valence-corrected chi connectivity index (χ1v) is 6.28. The first kappa shape index (κ1) is 13.8. The summed E-state index contributed by atoms with van der Waals surface area (Å²) in [6, 6.07) is 8.08. The molecule has 0 unspecified atom stereocenters. The second-order valence-electron chi connectivity index (χ2n) is 4.13. The largest absolute Gasteiger partial charge is 0.463 e. The zero-order valence-corrected chi connectivity index (χ0v) is 11.4. The molecule has 20 heavy (non-hydrogen) atoms. The van der Waals surface area contributed by atoms with E-state index in [0.717, 1.165) is 5.56 Å². The fourth-order valence-electron chi connectivity index (χ4n) is 1.50. The van der Waals surface area contributed by atoms with Crippen LogP contribution in [-0.4, -0.2) is 27.7 Å². The first-order valence-electron chi connectivity index (χ1n) is 6.28. The molecular formula is C14H16N4O2. The maximum absolute atomic E-state index is 11.7. The van der Waals surface area contributed by atoms with Gasteiger partial charge in [0.2, 0.25) is 5.95 Å². The maximum atomic E-state index is 11.7. The molecule has 0 saturated carbocycles. The molecule has 0 bridgehead atoms. The van der Waals surface area contributed by atoms with Gasteiger partial charge in [-0.2, -0.15) is 4.98 Å². The van der Waals surface area contributed by atoms with Gasteiger partial charge in [0, 0.05) is 6.08 Å². The number of hydrogen-bond acceptors (Lipinski definition) is 4. The fourth-order valence-corrected chi connectivity index (χ4v) is 1.50. The lowest BCUT2D eigenvalue weighted by Crippen LogP contribution is -2.09. The SMILES string of the molecule is CCOc1n[nH]c(NC(=O)/C=C/c2ccc(C)cc2)n1. The van der Waals surface area contributed by atoms with Gasteiger partial charge in [0.15, 0.2) is 0 Å². The van der Waals surface area contributed by atoms with Crippen molar-refractivity contribution in [1.29, 1.82) is 0 Å². The van der Waals surface area contributed by atoms with E-state index in [1.807, 2.05) is 38.1 Å². The summed E-state index contributed by atoms with van der Waals surface area (Å²) in [5.41, 5.74) is 2.13. The average Bonchev–Trinajstić information content (AvgIpc) is 2.86. The van der Waals surface area contributed by atoms with Gasteiger partial charge in [0.05, 0.1) is 6.61 Å². The number of anilines is 1. The van der Waals surface area contributed by atoms with Gasteiger partial charge in [-0.25, -0.2) is 5.10 Å². The van der Waals surface area contributed by atoms with Crippen molar-refractivity contribution in [2.45, 2.75) is 13.8 Å². The Kier molecular flexibility index (Phi) is 4.49. The average molecular weight is 272 g/mol. The van der Waals surface area contributed by atoms with Crippen molar-refractivity contribution in [2.24, 2.45) is 0 Å². The van der Waals surface area contributed by atoms with Crippen LogP contribution in [0.5, 0.6) is 6.01 Å². The third-order valence-electron chi connectivity index (χ3n) is 2.48. The summed E-state index contributed by atoms with van der Waals surface area (Å²) in [7, 11) is 0. The predicted molar refractivity (Wildman–Crippen MR) is 76.4 cm³/mol. The molecule has 0 aliphatic rings. The molecule has 6 nitrogen and oxygen atoms in total. The summed E-state index contributed by atoms with van der Waals surface area (Å²) < 4.78 is 5.09. The molecule has 2 rings (SSSR count). The zero-order valence-electron chi connectivity index (χ0n) is 11.4. The van der Waals surface area contributed by atoms with Crippen molar-refractivity contribution in [2.75, 3.05) is 11.9 Å². The number of H-pyrrole nitrogens is 1. The summed E-state index contributed by atoms with van der Waals surface area (Å²) in [6.45, 7) is 4.32. The number of carbonyl (C=O) groups excluding carboxylic acids is 1. The molecule has 0 aliphatic heterocycles. The number of benzene rings is 1. The molecule has 2 N–H and O–H groups in total.